The molecule has 110 valence electrons. The zero-order valence-corrected chi connectivity index (χ0v) is 11.8. The number of hydrogen-bond acceptors (Lipinski definition) is 5. The number of amides is 2. The summed E-state index contributed by atoms with van der Waals surface area (Å²) >= 11 is 0. The molecule has 1 aromatic rings. The molecule has 0 aliphatic carbocycles. The minimum atomic E-state index is -0.564. The van der Waals surface area contributed by atoms with Gasteiger partial charge in [0.25, 0.3) is 11.8 Å². The molecule has 1 aliphatic rings. The number of rotatable bonds is 5. The van der Waals surface area contributed by atoms with Crippen LogP contribution in [0.3, 0.4) is 0 Å². The average Bonchev–Trinajstić information content (AvgIpc) is 2.76. The topological polar surface area (TPSA) is 81.7 Å². The van der Waals surface area contributed by atoms with Crippen LogP contribution in [-0.4, -0.2) is 24.9 Å². The molecule has 0 saturated heterocycles. The largest absolute Gasteiger partial charge is 0.496 e. The Labute approximate surface area is 121 Å². The maximum atomic E-state index is 11.7. The number of carbonyl (C=O) groups is 3. The predicted octanol–water partition coefficient (Wildman–Crippen LogP) is 1.02. The molecule has 21 heavy (non-hydrogen) atoms. The zero-order chi connectivity index (χ0) is 15.4. The SMILES string of the molecule is COc1cc(COC(=O)CC2=CC(=O)NC2=O)ccc1C. The molecule has 6 heteroatoms. The van der Waals surface area contributed by atoms with Gasteiger partial charge in [-0.1, -0.05) is 12.1 Å². The van der Waals surface area contributed by atoms with Crippen LogP contribution in [0.15, 0.2) is 29.8 Å². The molecular formula is C15H15NO5. The van der Waals surface area contributed by atoms with Gasteiger partial charge in [0.15, 0.2) is 0 Å². The van der Waals surface area contributed by atoms with Gasteiger partial charge in [-0.05, 0) is 24.1 Å². The normalized spacial score (nSPS) is 13.7. The smallest absolute Gasteiger partial charge is 0.310 e. The van der Waals surface area contributed by atoms with Gasteiger partial charge in [-0.2, -0.15) is 0 Å². The number of ether oxygens (including phenoxy) is 2. The molecule has 0 radical (unpaired) electrons. The molecule has 0 unspecified atom stereocenters. The van der Waals surface area contributed by atoms with E-state index in [9.17, 15) is 14.4 Å². The third-order valence-electron chi connectivity index (χ3n) is 3.04. The molecule has 0 atom stereocenters. The van der Waals surface area contributed by atoms with Gasteiger partial charge >= 0.3 is 5.97 Å². The van der Waals surface area contributed by atoms with E-state index >= 15 is 0 Å². The minimum Gasteiger partial charge on any atom is -0.496 e. The summed E-state index contributed by atoms with van der Waals surface area (Å²) in [5.74, 6) is -0.905. The second kappa shape index (κ2) is 6.21. The predicted molar refractivity (Wildman–Crippen MR) is 73.4 cm³/mol. The molecule has 0 fully saturated rings. The Kier molecular flexibility index (Phi) is 4.37. The highest BCUT2D eigenvalue weighted by atomic mass is 16.5. The standard InChI is InChI=1S/C15H15NO5/c1-9-3-4-10(5-12(9)20-2)8-21-14(18)7-11-6-13(17)16-15(11)19/h3-6H,7-8H2,1-2H3,(H,16,17,19). The van der Waals surface area contributed by atoms with E-state index in [-0.39, 0.29) is 18.6 Å². The van der Waals surface area contributed by atoms with Crippen LogP contribution in [0.4, 0.5) is 0 Å². The van der Waals surface area contributed by atoms with Crippen molar-refractivity contribution in [3.63, 3.8) is 0 Å². The third-order valence-corrected chi connectivity index (χ3v) is 3.04. The lowest BCUT2D eigenvalue weighted by Crippen LogP contribution is -2.23. The van der Waals surface area contributed by atoms with E-state index < -0.39 is 17.8 Å². The van der Waals surface area contributed by atoms with E-state index in [0.717, 1.165) is 17.2 Å². The highest BCUT2D eigenvalue weighted by molar-refractivity contribution is 6.17. The molecule has 2 rings (SSSR count). The van der Waals surface area contributed by atoms with E-state index in [1.807, 2.05) is 19.1 Å². The number of esters is 1. The van der Waals surface area contributed by atoms with Crippen molar-refractivity contribution in [3.8, 4) is 5.75 Å². The summed E-state index contributed by atoms with van der Waals surface area (Å²) in [6, 6.07) is 5.48. The summed E-state index contributed by atoms with van der Waals surface area (Å²) < 4.78 is 10.3. The van der Waals surface area contributed by atoms with Crippen LogP contribution in [-0.2, 0) is 25.7 Å². The van der Waals surface area contributed by atoms with Crippen molar-refractivity contribution >= 4 is 17.8 Å². The maximum absolute atomic E-state index is 11.7. The van der Waals surface area contributed by atoms with Crippen molar-refractivity contribution < 1.29 is 23.9 Å². The summed E-state index contributed by atoms with van der Waals surface area (Å²) in [4.78, 5) is 33.9. The van der Waals surface area contributed by atoms with Gasteiger partial charge in [-0.25, -0.2) is 0 Å². The first kappa shape index (κ1) is 14.8. The molecule has 0 aromatic heterocycles. The van der Waals surface area contributed by atoms with Gasteiger partial charge in [0.2, 0.25) is 0 Å². The summed E-state index contributed by atoms with van der Waals surface area (Å²) in [6.07, 6.45) is 0.888. The maximum Gasteiger partial charge on any atom is 0.310 e. The fourth-order valence-corrected chi connectivity index (χ4v) is 1.91. The lowest BCUT2D eigenvalue weighted by molar-refractivity contribution is -0.144. The van der Waals surface area contributed by atoms with Crippen LogP contribution in [0.2, 0.25) is 0 Å². The Hall–Kier alpha value is -2.63. The summed E-state index contributed by atoms with van der Waals surface area (Å²) in [5, 5.41) is 2.07. The molecule has 1 N–H and O–H groups in total. The first-order chi connectivity index (χ1) is 9.99. The lowest BCUT2D eigenvalue weighted by atomic mass is 10.1. The van der Waals surface area contributed by atoms with E-state index in [2.05, 4.69) is 5.32 Å². The van der Waals surface area contributed by atoms with Gasteiger partial charge in [-0.3, -0.25) is 19.7 Å². The number of imide groups is 1. The van der Waals surface area contributed by atoms with Crippen molar-refractivity contribution in [2.75, 3.05) is 7.11 Å². The highest BCUT2D eigenvalue weighted by Gasteiger charge is 2.23. The van der Waals surface area contributed by atoms with E-state index in [4.69, 9.17) is 9.47 Å². The number of nitrogens with one attached hydrogen (secondary N) is 1. The molecule has 0 saturated carbocycles. The molecule has 1 aliphatic heterocycles. The Morgan fingerprint density at radius 1 is 1.29 bits per heavy atom. The second-order valence-electron chi connectivity index (χ2n) is 4.63. The highest BCUT2D eigenvalue weighted by Crippen LogP contribution is 2.19. The number of carbonyl (C=O) groups excluding carboxylic acids is 3. The minimum absolute atomic E-state index is 0.0817. The van der Waals surface area contributed by atoms with Crippen LogP contribution in [0.25, 0.3) is 0 Å². The summed E-state index contributed by atoms with van der Waals surface area (Å²) in [6.45, 7) is 2.00. The molecule has 0 spiro atoms. The van der Waals surface area contributed by atoms with Crippen LogP contribution in [0.1, 0.15) is 17.5 Å². The monoisotopic (exact) mass is 289 g/mol. The summed E-state index contributed by atoms with van der Waals surface area (Å²) in [5.41, 5.74) is 1.89. The van der Waals surface area contributed by atoms with E-state index in [0.29, 0.717) is 5.75 Å². The molecule has 0 bridgehead atoms. The first-order valence-electron chi connectivity index (χ1n) is 6.34. The Balaban J connectivity index is 1.91. The molecule has 6 nitrogen and oxygen atoms in total. The number of aryl methyl sites for hydroxylation is 1. The quantitative estimate of drug-likeness (QED) is 0.646. The molecule has 2 amide bonds. The fraction of sp³-hybridized carbons (Fsp3) is 0.267. The zero-order valence-electron chi connectivity index (χ0n) is 11.8. The Morgan fingerprint density at radius 2 is 2.05 bits per heavy atom. The number of benzene rings is 1. The van der Waals surface area contributed by atoms with Gasteiger partial charge in [0.05, 0.1) is 13.5 Å². The van der Waals surface area contributed by atoms with Crippen molar-refractivity contribution in [1.29, 1.82) is 0 Å². The molecule has 1 heterocycles. The fourth-order valence-electron chi connectivity index (χ4n) is 1.91. The average molecular weight is 289 g/mol. The van der Waals surface area contributed by atoms with Gasteiger partial charge in [-0.15, -0.1) is 0 Å². The Morgan fingerprint density at radius 3 is 2.67 bits per heavy atom. The summed E-state index contributed by atoms with van der Waals surface area (Å²) in [7, 11) is 1.57. The number of methoxy groups -OCH3 is 1. The third kappa shape index (κ3) is 3.68. The van der Waals surface area contributed by atoms with Crippen molar-refractivity contribution in [1.82, 2.24) is 5.32 Å². The first-order valence-corrected chi connectivity index (χ1v) is 6.34. The van der Waals surface area contributed by atoms with Crippen LogP contribution in [0, 0.1) is 6.92 Å². The van der Waals surface area contributed by atoms with E-state index in [1.165, 1.54) is 0 Å². The van der Waals surface area contributed by atoms with Gasteiger partial charge in [0, 0.05) is 11.6 Å². The van der Waals surface area contributed by atoms with Crippen LogP contribution < -0.4 is 10.1 Å². The lowest BCUT2D eigenvalue weighted by Gasteiger charge is -2.08. The van der Waals surface area contributed by atoms with Crippen LogP contribution in [0.5, 0.6) is 5.75 Å². The molecule has 1 aromatic carbocycles. The van der Waals surface area contributed by atoms with Crippen molar-refractivity contribution in [2.45, 2.75) is 20.0 Å². The van der Waals surface area contributed by atoms with E-state index in [1.54, 1.807) is 13.2 Å². The van der Waals surface area contributed by atoms with Gasteiger partial charge < -0.3 is 9.47 Å². The number of hydrogen-bond donors (Lipinski definition) is 1. The second-order valence-corrected chi connectivity index (χ2v) is 4.63. The molecular weight excluding hydrogens is 274 g/mol. The van der Waals surface area contributed by atoms with Crippen LogP contribution >= 0.6 is 0 Å². The van der Waals surface area contributed by atoms with Crippen molar-refractivity contribution in [3.05, 3.63) is 41.0 Å². The van der Waals surface area contributed by atoms with Crippen molar-refractivity contribution in [2.24, 2.45) is 0 Å². The Bertz CT molecular complexity index is 633. The van der Waals surface area contributed by atoms with Gasteiger partial charge in [0.1, 0.15) is 12.4 Å².